The van der Waals surface area contributed by atoms with Crippen LogP contribution in [0.15, 0.2) is 79.1 Å². The molecule has 0 saturated carbocycles. The number of pyridine rings is 1. The SMILES string of the molecule is COCc1ccc(C(=O)N2CCOC3(C2)C(=O)N(Cc2cccnc2)CC3c2ccccc2)cc1. The molecule has 2 aliphatic heterocycles. The van der Waals surface area contributed by atoms with Gasteiger partial charge in [0.2, 0.25) is 0 Å². The number of ether oxygens (including phenoxy) is 2. The van der Waals surface area contributed by atoms with Crippen LogP contribution >= 0.6 is 0 Å². The lowest BCUT2D eigenvalue weighted by atomic mass is 9.83. The lowest BCUT2D eigenvalue weighted by molar-refractivity contribution is -0.160. The van der Waals surface area contributed by atoms with Gasteiger partial charge in [0.05, 0.1) is 19.8 Å². The number of hydrogen-bond acceptors (Lipinski definition) is 5. The van der Waals surface area contributed by atoms with E-state index in [1.54, 1.807) is 24.4 Å². The van der Waals surface area contributed by atoms with Crippen LogP contribution in [0.3, 0.4) is 0 Å². The first kappa shape index (κ1) is 23.2. The molecule has 7 nitrogen and oxygen atoms in total. The predicted octanol–water partition coefficient (Wildman–Crippen LogP) is 3.27. The largest absolute Gasteiger partial charge is 0.380 e. The fraction of sp³-hybridized carbons (Fsp3) is 0.321. The Morgan fingerprint density at radius 1 is 1.09 bits per heavy atom. The zero-order chi connectivity index (χ0) is 24.3. The number of methoxy groups -OCH3 is 1. The van der Waals surface area contributed by atoms with Gasteiger partial charge in [-0.25, -0.2) is 0 Å². The monoisotopic (exact) mass is 471 g/mol. The van der Waals surface area contributed by atoms with Crippen molar-refractivity contribution in [1.29, 1.82) is 0 Å². The van der Waals surface area contributed by atoms with Gasteiger partial charge in [-0.05, 0) is 34.9 Å². The summed E-state index contributed by atoms with van der Waals surface area (Å²) in [6.07, 6.45) is 3.50. The Hall–Kier alpha value is -3.55. The number of morpholine rings is 1. The van der Waals surface area contributed by atoms with Gasteiger partial charge in [0, 0.05) is 50.6 Å². The van der Waals surface area contributed by atoms with E-state index in [0.29, 0.717) is 38.4 Å². The van der Waals surface area contributed by atoms with Gasteiger partial charge in [-0.2, -0.15) is 0 Å². The number of amides is 2. The van der Waals surface area contributed by atoms with E-state index in [9.17, 15) is 9.59 Å². The molecule has 2 fully saturated rings. The van der Waals surface area contributed by atoms with E-state index in [1.807, 2.05) is 71.6 Å². The topological polar surface area (TPSA) is 72.0 Å². The van der Waals surface area contributed by atoms with E-state index in [1.165, 1.54) is 0 Å². The standard InChI is InChI=1S/C28H29N3O4/c1-34-19-21-9-11-24(12-10-21)26(32)30-14-15-35-28(20-30)25(23-7-3-2-4-8-23)18-31(27(28)33)17-22-6-5-13-29-16-22/h2-13,16,25H,14-15,17-20H2,1H3. The maximum absolute atomic E-state index is 13.9. The highest BCUT2D eigenvalue weighted by atomic mass is 16.5. The third kappa shape index (κ3) is 4.57. The maximum Gasteiger partial charge on any atom is 0.257 e. The Bertz CT molecular complexity index is 1170. The van der Waals surface area contributed by atoms with Crippen LogP contribution in [0.25, 0.3) is 0 Å². The molecule has 3 aromatic rings. The van der Waals surface area contributed by atoms with Crippen molar-refractivity contribution in [2.75, 3.05) is 33.4 Å². The van der Waals surface area contributed by atoms with E-state index in [0.717, 1.165) is 16.7 Å². The minimum Gasteiger partial charge on any atom is -0.380 e. The molecule has 0 radical (unpaired) electrons. The predicted molar refractivity (Wildman–Crippen MR) is 131 cm³/mol. The number of hydrogen-bond donors (Lipinski definition) is 0. The zero-order valence-corrected chi connectivity index (χ0v) is 19.8. The molecule has 2 atom stereocenters. The molecule has 5 rings (SSSR count). The van der Waals surface area contributed by atoms with Crippen LogP contribution in [0.5, 0.6) is 0 Å². The van der Waals surface area contributed by atoms with Gasteiger partial charge in [0.15, 0.2) is 5.60 Å². The normalized spacial score (nSPS) is 22.1. The summed E-state index contributed by atoms with van der Waals surface area (Å²) in [7, 11) is 1.64. The second-order valence-electron chi connectivity index (χ2n) is 9.10. The summed E-state index contributed by atoms with van der Waals surface area (Å²) in [5.41, 5.74) is 2.48. The lowest BCUT2D eigenvalue weighted by Gasteiger charge is -2.42. The number of likely N-dealkylation sites (tertiary alicyclic amines) is 1. The summed E-state index contributed by atoms with van der Waals surface area (Å²) in [5, 5.41) is 0. The van der Waals surface area contributed by atoms with Gasteiger partial charge in [-0.15, -0.1) is 0 Å². The van der Waals surface area contributed by atoms with E-state index in [-0.39, 0.29) is 24.3 Å². The Morgan fingerprint density at radius 2 is 1.89 bits per heavy atom. The molecule has 0 bridgehead atoms. The number of aromatic nitrogens is 1. The molecule has 2 amide bonds. The number of carbonyl (C=O) groups is 2. The highest BCUT2D eigenvalue weighted by Crippen LogP contribution is 2.42. The molecule has 0 aliphatic carbocycles. The van der Waals surface area contributed by atoms with Crippen LogP contribution in [0.4, 0.5) is 0 Å². The third-order valence-corrected chi connectivity index (χ3v) is 6.86. The third-order valence-electron chi connectivity index (χ3n) is 6.86. The molecule has 2 unspecified atom stereocenters. The number of benzene rings is 2. The smallest absolute Gasteiger partial charge is 0.257 e. The summed E-state index contributed by atoms with van der Waals surface area (Å²) in [6, 6.07) is 21.3. The van der Waals surface area contributed by atoms with Crippen molar-refractivity contribution in [3.05, 3.63) is 101 Å². The van der Waals surface area contributed by atoms with Crippen LogP contribution in [-0.4, -0.2) is 65.6 Å². The Morgan fingerprint density at radius 3 is 2.60 bits per heavy atom. The van der Waals surface area contributed by atoms with Crippen molar-refractivity contribution in [3.63, 3.8) is 0 Å². The van der Waals surface area contributed by atoms with Crippen LogP contribution < -0.4 is 0 Å². The molecular formula is C28H29N3O4. The fourth-order valence-corrected chi connectivity index (χ4v) is 5.13. The second-order valence-corrected chi connectivity index (χ2v) is 9.10. The van der Waals surface area contributed by atoms with Crippen molar-refractivity contribution in [2.45, 2.75) is 24.7 Å². The number of nitrogens with zero attached hydrogens (tertiary/aromatic N) is 3. The van der Waals surface area contributed by atoms with E-state index < -0.39 is 5.60 Å². The quantitative estimate of drug-likeness (QED) is 0.552. The van der Waals surface area contributed by atoms with Gasteiger partial charge in [0.1, 0.15) is 0 Å². The van der Waals surface area contributed by atoms with Crippen molar-refractivity contribution in [2.24, 2.45) is 0 Å². The van der Waals surface area contributed by atoms with Gasteiger partial charge in [-0.3, -0.25) is 14.6 Å². The Kier molecular flexibility index (Phi) is 6.61. The molecule has 1 aromatic heterocycles. The molecule has 2 saturated heterocycles. The van der Waals surface area contributed by atoms with Gasteiger partial charge < -0.3 is 19.3 Å². The van der Waals surface area contributed by atoms with Gasteiger partial charge >= 0.3 is 0 Å². The Balaban J connectivity index is 1.43. The zero-order valence-electron chi connectivity index (χ0n) is 19.8. The molecule has 7 heteroatoms. The van der Waals surface area contributed by atoms with Crippen molar-refractivity contribution >= 4 is 11.8 Å². The lowest BCUT2D eigenvalue weighted by Crippen LogP contribution is -2.59. The first-order valence-electron chi connectivity index (χ1n) is 11.8. The average molecular weight is 472 g/mol. The molecule has 2 aromatic carbocycles. The van der Waals surface area contributed by atoms with E-state index in [2.05, 4.69) is 4.98 Å². The maximum atomic E-state index is 13.9. The highest BCUT2D eigenvalue weighted by molar-refractivity contribution is 5.96. The number of rotatable bonds is 6. The first-order chi connectivity index (χ1) is 17.1. The van der Waals surface area contributed by atoms with Crippen LogP contribution in [0.1, 0.15) is 33.0 Å². The molecule has 35 heavy (non-hydrogen) atoms. The first-order valence-corrected chi connectivity index (χ1v) is 11.8. The molecule has 2 aliphatic rings. The molecule has 180 valence electrons. The van der Waals surface area contributed by atoms with Crippen molar-refractivity contribution in [3.8, 4) is 0 Å². The molecule has 1 spiro atoms. The van der Waals surface area contributed by atoms with Crippen LogP contribution in [-0.2, 0) is 27.4 Å². The molecule has 3 heterocycles. The minimum absolute atomic E-state index is 0.0804. The van der Waals surface area contributed by atoms with Crippen LogP contribution in [0, 0.1) is 0 Å². The summed E-state index contributed by atoms with van der Waals surface area (Å²) >= 11 is 0. The van der Waals surface area contributed by atoms with E-state index >= 15 is 0 Å². The van der Waals surface area contributed by atoms with Gasteiger partial charge in [0.25, 0.3) is 11.8 Å². The molecule has 0 N–H and O–H groups in total. The number of carbonyl (C=O) groups excluding carboxylic acids is 2. The minimum atomic E-state index is -1.12. The van der Waals surface area contributed by atoms with Crippen LogP contribution in [0.2, 0.25) is 0 Å². The Labute approximate surface area is 205 Å². The highest BCUT2D eigenvalue weighted by Gasteiger charge is 2.58. The second kappa shape index (κ2) is 9.98. The summed E-state index contributed by atoms with van der Waals surface area (Å²) in [4.78, 5) is 35.1. The summed E-state index contributed by atoms with van der Waals surface area (Å²) < 4.78 is 11.5. The molecular weight excluding hydrogens is 442 g/mol. The van der Waals surface area contributed by atoms with Crippen molar-refractivity contribution in [1.82, 2.24) is 14.8 Å². The van der Waals surface area contributed by atoms with Gasteiger partial charge in [-0.1, -0.05) is 48.5 Å². The summed E-state index contributed by atoms with van der Waals surface area (Å²) in [6.45, 7) is 2.44. The average Bonchev–Trinajstić information content (AvgIpc) is 3.16. The fourth-order valence-electron chi connectivity index (χ4n) is 5.13. The van der Waals surface area contributed by atoms with E-state index in [4.69, 9.17) is 9.47 Å². The summed E-state index contributed by atoms with van der Waals surface area (Å²) in [5.74, 6) is -0.363. The van der Waals surface area contributed by atoms with Crippen molar-refractivity contribution < 1.29 is 19.1 Å².